The highest BCUT2D eigenvalue weighted by atomic mass is 35.5. The number of benzene rings is 1. The van der Waals surface area contributed by atoms with Crippen LogP contribution in [0.25, 0.3) is 11.3 Å². The Morgan fingerprint density at radius 2 is 2.00 bits per heavy atom. The monoisotopic (exact) mass is 359 g/mol. The highest BCUT2D eigenvalue weighted by Gasteiger charge is 2.15. The minimum atomic E-state index is 0.455. The molecule has 0 fully saturated rings. The van der Waals surface area contributed by atoms with Gasteiger partial charge in [0.05, 0.1) is 17.3 Å². The molecule has 0 bridgehead atoms. The van der Waals surface area contributed by atoms with Crippen molar-refractivity contribution in [2.24, 2.45) is 5.92 Å². The number of hydrogen-bond acceptors (Lipinski definition) is 4. The number of thiazole rings is 1. The predicted octanol–water partition coefficient (Wildman–Crippen LogP) is 5.34. The van der Waals surface area contributed by atoms with Gasteiger partial charge in [-0.25, -0.2) is 4.98 Å². The Morgan fingerprint density at radius 3 is 2.68 bits per heavy atom. The molecule has 1 aromatic heterocycles. The molecular weight excluding hydrogens is 341 g/mol. The standard InChI is InChI=1S/C16H19Cl2NO2S/c1-10(2)8-14-15(19-16(18)22-14)11-4-5-12(17)13(9-11)21-7-6-20-3/h4-5,9-10H,6-8H2,1-3H3. The summed E-state index contributed by atoms with van der Waals surface area (Å²) in [7, 11) is 1.64. The zero-order chi connectivity index (χ0) is 16.1. The van der Waals surface area contributed by atoms with E-state index in [1.54, 1.807) is 7.11 Å². The zero-order valence-electron chi connectivity index (χ0n) is 12.9. The van der Waals surface area contributed by atoms with Gasteiger partial charge in [0.1, 0.15) is 12.4 Å². The molecule has 2 rings (SSSR count). The molecule has 0 aliphatic heterocycles. The lowest BCUT2D eigenvalue weighted by molar-refractivity contribution is 0.146. The van der Waals surface area contributed by atoms with Crippen LogP contribution in [0.15, 0.2) is 18.2 Å². The van der Waals surface area contributed by atoms with Gasteiger partial charge in [-0.3, -0.25) is 0 Å². The maximum atomic E-state index is 6.18. The summed E-state index contributed by atoms with van der Waals surface area (Å²) in [6.45, 7) is 5.33. The molecule has 0 aliphatic rings. The molecule has 0 spiro atoms. The molecule has 0 saturated heterocycles. The average molecular weight is 360 g/mol. The number of methoxy groups -OCH3 is 1. The van der Waals surface area contributed by atoms with Crippen LogP contribution >= 0.6 is 34.5 Å². The molecule has 120 valence electrons. The first-order chi connectivity index (χ1) is 10.5. The van der Waals surface area contributed by atoms with Gasteiger partial charge in [-0.15, -0.1) is 11.3 Å². The first kappa shape index (κ1) is 17.5. The van der Waals surface area contributed by atoms with Crippen LogP contribution in [-0.2, 0) is 11.2 Å². The van der Waals surface area contributed by atoms with Crippen molar-refractivity contribution in [3.8, 4) is 17.0 Å². The molecule has 22 heavy (non-hydrogen) atoms. The minimum Gasteiger partial charge on any atom is -0.490 e. The molecule has 6 heteroatoms. The molecule has 0 atom stereocenters. The summed E-state index contributed by atoms with van der Waals surface area (Å²) in [6, 6.07) is 5.68. The highest BCUT2D eigenvalue weighted by Crippen LogP contribution is 2.36. The molecule has 2 aromatic rings. The third kappa shape index (κ3) is 4.59. The van der Waals surface area contributed by atoms with Gasteiger partial charge < -0.3 is 9.47 Å². The molecule has 0 saturated carbocycles. The summed E-state index contributed by atoms with van der Waals surface area (Å²) in [5, 5.41) is 0.576. The Kier molecular flexibility index (Phi) is 6.50. The van der Waals surface area contributed by atoms with Crippen molar-refractivity contribution < 1.29 is 9.47 Å². The SMILES string of the molecule is COCCOc1cc(-c2nc(Cl)sc2CC(C)C)ccc1Cl. The number of halogens is 2. The topological polar surface area (TPSA) is 31.4 Å². The van der Waals surface area contributed by atoms with E-state index in [2.05, 4.69) is 18.8 Å². The Labute approximate surface area is 145 Å². The van der Waals surface area contributed by atoms with Crippen molar-refractivity contribution in [2.75, 3.05) is 20.3 Å². The smallest absolute Gasteiger partial charge is 0.184 e. The van der Waals surface area contributed by atoms with Crippen molar-refractivity contribution in [1.29, 1.82) is 0 Å². The zero-order valence-corrected chi connectivity index (χ0v) is 15.2. The van der Waals surface area contributed by atoms with Gasteiger partial charge in [0.2, 0.25) is 0 Å². The van der Waals surface area contributed by atoms with Gasteiger partial charge in [0, 0.05) is 17.6 Å². The van der Waals surface area contributed by atoms with E-state index in [1.807, 2.05) is 18.2 Å². The Balaban J connectivity index is 2.30. The summed E-state index contributed by atoms with van der Waals surface area (Å²) in [5.74, 6) is 1.18. The van der Waals surface area contributed by atoms with E-state index in [1.165, 1.54) is 16.2 Å². The molecule has 1 aromatic carbocycles. The lowest BCUT2D eigenvalue weighted by Gasteiger charge is -2.10. The maximum absolute atomic E-state index is 6.18. The van der Waals surface area contributed by atoms with Crippen molar-refractivity contribution in [2.45, 2.75) is 20.3 Å². The van der Waals surface area contributed by atoms with E-state index in [-0.39, 0.29) is 0 Å². The van der Waals surface area contributed by atoms with Crippen LogP contribution in [0.5, 0.6) is 5.75 Å². The lowest BCUT2D eigenvalue weighted by Crippen LogP contribution is -2.04. The Morgan fingerprint density at radius 1 is 1.23 bits per heavy atom. The average Bonchev–Trinajstić information content (AvgIpc) is 2.81. The van der Waals surface area contributed by atoms with Gasteiger partial charge in [0.15, 0.2) is 4.47 Å². The second-order valence-corrected chi connectivity index (χ2v) is 7.40. The van der Waals surface area contributed by atoms with Gasteiger partial charge >= 0.3 is 0 Å². The number of ether oxygens (including phenoxy) is 2. The summed E-state index contributed by atoms with van der Waals surface area (Å²) in [6.07, 6.45) is 0.947. The second kappa shape index (κ2) is 8.16. The number of rotatable bonds is 7. The quantitative estimate of drug-likeness (QED) is 0.625. The summed E-state index contributed by atoms with van der Waals surface area (Å²) in [4.78, 5) is 5.65. The van der Waals surface area contributed by atoms with E-state index in [4.69, 9.17) is 32.7 Å². The normalized spacial score (nSPS) is 11.2. The Hall–Kier alpha value is -0.810. The fourth-order valence-corrected chi connectivity index (χ4v) is 3.61. The molecule has 0 amide bonds. The number of aromatic nitrogens is 1. The third-order valence-corrected chi connectivity index (χ3v) is 4.51. The van der Waals surface area contributed by atoms with Crippen LogP contribution < -0.4 is 4.74 Å². The van der Waals surface area contributed by atoms with E-state index < -0.39 is 0 Å². The predicted molar refractivity (Wildman–Crippen MR) is 93.5 cm³/mol. The molecule has 0 aliphatic carbocycles. The maximum Gasteiger partial charge on any atom is 0.184 e. The van der Waals surface area contributed by atoms with Crippen LogP contribution in [-0.4, -0.2) is 25.3 Å². The van der Waals surface area contributed by atoms with Crippen LogP contribution in [0.3, 0.4) is 0 Å². The molecular formula is C16H19Cl2NO2S. The molecule has 0 radical (unpaired) electrons. The summed E-state index contributed by atoms with van der Waals surface area (Å²) in [5.41, 5.74) is 1.88. The van der Waals surface area contributed by atoms with Crippen molar-refractivity contribution in [1.82, 2.24) is 4.98 Å². The van der Waals surface area contributed by atoms with E-state index in [0.29, 0.717) is 34.4 Å². The van der Waals surface area contributed by atoms with Crippen LogP contribution in [0.4, 0.5) is 0 Å². The first-order valence-electron chi connectivity index (χ1n) is 7.08. The fourth-order valence-electron chi connectivity index (χ4n) is 2.05. The molecule has 1 heterocycles. The van der Waals surface area contributed by atoms with Gasteiger partial charge in [-0.05, 0) is 24.5 Å². The van der Waals surface area contributed by atoms with Crippen LogP contribution in [0.1, 0.15) is 18.7 Å². The largest absolute Gasteiger partial charge is 0.490 e. The van der Waals surface area contributed by atoms with Crippen molar-refractivity contribution in [3.63, 3.8) is 0 Å². The van der Waals surface area contributed by atoms with E-state index >= 15 is 0 Å². The van der Waals surface area contributed by atoms with Gasteiger partial charge in [-0.2, -0.15) is 0 Å². The van der Waals surface area contributed by atoms with Crippen molar-refractivity contribution >= 4 is 34.5 Å². The number of hydrogen-bond donors (Lipinski definition) is 0. The van der Waals surface area contributed by atoms with Crippen LogP contribution in [0.2, 0.25) is 9.49 Å². The van der Waals surface area contributed by atoms with Gasteiger partial charge in [-0.1, -0.05) is 43.1 Å². The Bertz CT molecular complexity index is 629. The molecule has 0 unspecified atom stereocenters. The minimum absolute atomic E-state index is 0.455. The van der Waals surface area contributed by atoms with E-state index in [9.17, 15) is 0 Å². The lowest BCUT2D eigenvalue weighted by atomic mass is 10.0. The number of nitrogens with zero attached hydrogens (tertiary/aromatic N) is 1. The summed E-state index contributed by atoms with van der Waals surface area (Å²) >= 11 is 13.8. The first-order valence-corrected chi connectivity index (χ1v) is 8.65. The fraction of sp³-hybridized carbons (Fsp3) is 0.438. The molecule has 3 nitrogen and oxygen atoms in total. The van der Waals surface area contributed by atoms with Crippen LogP contribution in [0, 0.1) is 5.92 Å². The summed E-state index contributed by atoms with van der Waals surface area (Å²) < 4.78 is 11.2. The van der Waals surface area contributed by atoms with E-state index in [0.717, 1.165) is 17.7 Å². The third-order valence-electron chi connectivity index (χ3n) is 3.01. The second-order valence-electron chi connectivity index (χ2n) is 5.32. The van der Waals surface area contributed by atoms with Crippen molar-refractivity contribution in [3.05, 3.63) is 32.6 Å². The highest BCUT2D eigenvalue weighted by molar-refractivity contribution is 7.16. The molecule has 0 N–H and O–H groups in total. The van der Waals surface area contributed by atoms with Gasteiger partial charge in [0.25, 0.3) is 0 Å².